The summed E-state index contributed by atoms with van der Waals surface area (Å²) in [4.78, 5) is 0. The lowest BCUT2D eigenvalue weighted by Crippen LogP contribution is -1.92. The Morgan fingerprint density at radius 1 is 1.29 bits per heavy atom. The van der Waals surface area contributed by atoms with Crippen molar-refractivity contribution in [1.29, 1.82) is 0 Å². The third kappa shape index (κ3) is 2.30. The molecule has 0 aliphatic carbocycles. The maximum Gasteiger partial charge on any atom is 0.143 e. The van der Waals surface area contributed by atoms with Crippen molar-refractivity contribution >= 4 is 38.1 Å². The van der Waals surface area contributed by atoms with Gasteiger partial charge in [-0.1, -0.05) is 6.58 Å². The molecular weight excluding hydrogens is 348 g/mol. The standard InChI is InChI=1S/C12H10Br2N2O/c1-3-16-11(10(13)12(14)15-16)8-4-6-9(17-2)7-5-8/h3-7H,1H2,2H3. The highest BCUT2D eigenvalue weighted by molar-refractivity contribution is 9.13. The molecule has 88 valence electrons. The summed E-state index contributed by atoms with van der Waals surface area (Å²) in [5, 5.41) is 4.28. The Labute approximate surface area is 116 Å². The normalized spacial score (nSPS) is 10.3. The van der Waals surface area contributed by atoms with Gasteiger partial charge in [0.1, 0.15) is 10.4 Å². The van der Waals surface area contributed by atoms with Crippen LogP contribution < -0.4 is 4.74 Å². The van der Waals surface area contributed by atoms with Gasteiger partial charge in [-0.2, -0.15) is 5.10 Å². The van der Waals surface area contributed by atoms with Gasteiger partial charge in [0.25, 0.3) is 0 Å². The summed E-state index contributed by atoms with van der Waals surface area (Å²) in [5.74, 6) is 0.827. The van der Waals surface area contributed by atoms with E-state index in [-0.39, 0.29) is 0 Å². The highest BCUT2D eigenvalue weighted by Crippen LogP contribution is 2.34. The largest absolute Gasteiger partial charge is 0.497 e. The minimum absolute atomic E-state index is 0.753. The predicted molar refractivity (Wildman–Crippen MR) is 76.0 cm³/mol. The number of nitrogens with zero attached hydrogens (tertiary/aromatic N) is 2. The van der Waals surface area contributed by atoms with Crippen molar-refractivity contribution in [2.75, 3.05) is 7.11 Å². The van der Waals surface area contributed by atoms with Crippen molar-refractivity contribution in [2.45, 2.75) is 0 Å². The number of methoxy groups -OCH3 is 1. The van der Waals surface area contributed by atoms with E-state index in [1.54, 1.807) is 18.0 Å². The molecule has 0 radical (unpaired) electrons. The van der Waals surface area contributed by atoms with E-state index < -0.39 is 0 Å². The van der Waals surface area contributed by atoms with Gasteiger partial charge in [-0.05, 0) is 56.1 Å². The zero-order valence-corrected chi connectivity index (χ0v) is 12.3. The lowest BCUT2D eigenvalue weighted by atomic mass is 10.1. The van der Waals surface area contributed by atoms with Gasteiger partial charge in [-0.3, -0.25) is 0 Å². The Bertz CT molecular complexity index is 546. The molecule has 0 aliphatic rings. The Morgan fingerprint density at radius 2 is 1.94 bits per heavy atom. The van der Waals surface area contributed by atoms with Gasteiger partial charge in [0.2, 0.25) is 0 Å². The van der Waals surface area contributed by atoms with Crippen molar-refractivity contribution in [3.63, 3.8) is 0 Å². The molecule has 1 aromatic heterocycles. The predicted octanol–water partition coefficient (Wildman–Crippen LogP) is 4.18. The number of rotatable bonds is 3. The fourth-order valence-corrected chi connectivity index (χ4v) is 2.38. The second-order valence-corrected chi connectivity index (χ2v) is 4.85. The van der Waals surface area contributed by atoms with E-state index in [9.17, 15) is 0 Å². The molecule has 0 amide bonds. The first-order chi connectivity index (χ1) is 8.17. The Balaban J connectivity index is 2.55. The van der Waals surface area contributed by atoms with E-state index in [4.69, 9.17) is 4.74 Å². The van der Waals surface area contributed by atoms with Crippen LogP contribution in [0.5, 0.6) is 5.75 Å². The van der Waals surface area contributed by atoms with E-state index in [1.807, 2.05) is 24.3 Å². The van der Waals surface area contributed by atoms with Gasteiger partial charge < -0.3 is 4.74 Å². The summed E-state index contributed by atoms with van der Waals surface area (Å²) < 4.78 is 8.51. The van der Waals surface area contributed by atoms with E-state index in [2.05, 4.69) is 43.5 Å². The molecule has 1 heterocycles. The summed E-state index contributed by atoms with van der Waals surface area (Å²) in [6.45, 7) is 3.74. The molecule has 5 heteroatoms. The minimum Gasteiger partial charge on any atom is -0.497 e. The molecule has 0 atom stereocenters. The highest BCUT2D eigenvalue weighted by atomic mass is 79.9. The van der Waals surface area contributed by atoms with Crippen LogP contribution in [0.3, 0.4) is 0 Å². The topological polar surface area (TPSA) is 27.1 Å². The summed E-state index contributed by atoms with van der Waals surface area (Å²) in [6, 6.07) is 7.78. The van der Waals surface area contributed by atoms with Crippen molar-refractivity contribution in [2.24, 2.45) is 0 Å². The molecule has 2 aromatic rings. The second-order valence-electron chi connectivity index (χ2n) is 3.31. The molecule has 2 rings (SSSR count). The second kappa shape index (κ2) is 5.06. The maximum atomic E-state index is 5.13. The Hall–Kier alpha value is -1.07. The molecule has 0 bridgehead atoms. The Kier molecular flexibility index (Phi) is 3.69. The molecular formula is C12H10Br2N2O. The maximum absolute atomic E-state index is 5.13. The first-order valence-corrected chi connectivity index (χ1v) is 6.46. The van der Waals surface area contributed by atoms with Gasteiger partial charge in [-0.25, -0.2) is 4.68 Å². The third-order valence-corrected chi connectivity index (χ3v) is 4.19. The first-order valence-electron chi connectivity index (χ1n) is 4.88. The third-order valence-electron chi connectivity index (χ3n) is 2.35. The van der Waals surface area contributed by atoms with Crippen LogP contribution in [0.2, 0.25) is 0 Å². The van der Waals surface area contributed by atoms with Gasteiger partial charge in [0, 0.05) is 11.8 Å². The van der Waals surface area contributed by atoms with Crippen LogP contribution in [0.4, 0.5) is 0 Å². The van der Waals surface area contributed by atoms with Crippen LogP contribution >= 0.6 is 31.9 Å². The van der Waals surface area contributed by atoms with Crippen LogP contribution in [-0.4, -0.2) is 16.9 Å². The first kappa shape index (κ1) is 12.4. The number of halogens is 2. The molecule has 0 unspecified atom stereocenters. The van der Waals surface area contributed by atoms with Crippen molar-refractivity contribution in [1.82, 2.24) is 9.78 Å². The fraction of sp³-hybridized carbons (Fsp3) is 0.0833. The SMILES string of the molecule is C=Cn1nc(Br)c(Br)c1-c1ccc(OC)cc1. The minimum atomic E-state index is 0.753. The highest BCUT2D eigenvalue weighted by Gasteiger charge is 2.14. The smallest absolute Gasteiger partial charge is 0.143 e. The molecule has 0 saturated carbocycles. The molecule has 0 spiro atoms. The summed E-state index contributed by atoms with van der Waals surface area (Å²) in [7, 11) is 1.65. The van der Waals surface area contributed by atoms with Gasteiger partial charge in [0.15, 0.2) is 0 Å². The number of hydrogen-bond acceptors (Lipinski definition) is 2. The number of aromatic nitrogens is 2. The van der Waals surface area contributed by atoms with E-state index in [0.717, 1.165) is 26.1 Å². The van der Waals surface area contributed by atoms with E-state index in [0.29, 0.717) is 0 Å². The molecule has 0 saturated heterocycles. The lowest BCUT2D eigenvalue weighted by Gasteiger charge is -2.05. The molecule has 1 aromatic carbocycles. The molecule has 0 aliphatic heterocycles. The van der Waals surface area contributed by atoms with E-state index >= 15 is 0 Å². The average Bonchev–Trinajstić information content (AvgIpc) is 2.65. The molecule has 3 nitrogen and oxygen atoms in total. The van der Waals surface area contributed by atoms with Crippen molar-refractivity contribution < 1.29 is 4.74 Å². The van der Waals surface area contributed by atoms with Crippen LogP contribution in [0.15, 0.2) is 39.9 Å². The van der Waals surface area contributed by atoms with Crippen LogP contribution in [0.25, 0.3) is 17.5 Å². The van der Waals surface area contributed by atoms with Crippen LogP contribution in [0, 0.1) is 0 Å². The van der Waals surface area contributed by atoms with Crippen molar-refractivity contribution in [3.05, 3.63) is 39.9 Å². The van der Waals surface area contributed by atoms with Crippen molar-refractivity contribution in [3.8, 4) is 17.0 Å². The summed E-state index contributed by atoms with van der Waals surface area (Å²) >= 11 is 6.89. The van der Waals surface area contributed by atoms with Gasteiger partial charge in [0.05, 0.1) is 17.3 Å². The van der Waals surface area contributed by atoms with Gasteiger partial charge >= 0.3 is 0 Å². The number of ether oxygens (including phenoxy) is 1. The van der Waals surface area contributed by atoms with Crippen LogP contribution in [0.1, 0.15) is 0 Å². The number of benzene rings is 1. The zero-order valence-electron chi connectivity index (χ0n) is 9.15. The quantitative estimate of drug-likeness (QED) is 0.823. The van der Waals surface area contributed by atoms with E-state index in [1.165, 1.54) is 0 Å². The fourth-order valence-electron chi connectivity index (χ4n) is 1.53. The lowest BCUT2D eigenvalue weighted by molar-refractivity contribution is 0.415. The zero-order chi connectivity index (χ0) is 12.4. The monoisotopic (exact) mass is 356 g/mol. The Morgan fingerprint density at radius 3 is 2.47 bits per heavy atom. The van der Waals surface area contributed by atoms with Crippen LogP contribution in [-0.2, 0) is 0 Å². The molecule has 0 fully saturated rings. The summed E-state index contributed by atoms with van der Waals surface area (Å²) in [6.07, 6.45) is 1.66. The van der Waals surface area contributed by atoms with Gasteiger partial charge in [-0.15, -0.1) is 0 Å². The molecule has 0 N–H and O–H groups in total. The summed E-state index contributed by atoms with van der Waals surface area (Å²) in [5.41, 5.74) is 1.99. The molecule has 17 heavy (non-hydrogen) atoms. The number of hydrogen-bond donors (Lipinski definition) is 0. The average molecular weight is 358 g/mol.